The Hall–Kier alpha value is 0.843. The van der Waals surface area contributed by atoms with Crippen LogP contribution in [0.1, 0.15) is 13.8 Å². The first-order valence-electron chi connectivity index (χ1n) is 4.37. The third-order valence-corrected chi connectivity index (χ3v) is 1.15. The summed E-state index contributed by atoms with van der Waals surface area (Å²) >= 11 is 14.4. The molecule has 0 rings (SSSR count). The van der Waals surface area contributed by atoms with Crippen LogP contribution >= 0.6 is 34.8 Å². The molecule has 18 heavy (non-hydrogen) atoms. The monoisotopic (exact) mass is 376 g/mol. The number of hydrogen-bond acceptors (Lipinski definition) is 4. The maximum atomic E-state index is 9.62. The number of carboxylic acid groups (broad SMARTS) is 1. The minimum absolute atomic E-state index is 0. The number of aliphatic hydroxyl groups is 3. The van der Waals surface area contributed by atoms with Crippen LogP contribution in [0.5, 0.6) is 0 Å². The van der Waals surface area contributed by atoms with Gasteiger partial charge in [0.05, 0.1) is 13.2 Å². The van der Waals surface area contributed by atoms with Crippen molar-refractivity contribution in [3.05, 3.63) is 13.8 Å². The Bertz CT molecular complexity index is 152. The summed E-state index contributed by atoms with van der Waals surface area (Å²) in [6.07, 6.45) is -0.954. The van der Waals surface area contributed by atoms with E-state index in [2.05, 4.69) is 13.8 Å². The molecule has 0 amide bonds. The predicted molar refractivity (Wildman–Crippen MR) is 70.2 cm³/mol. The maximum absolute atomic E-state index is 9.62. The molecule has 0 radical (unpaired) electrons. The normalized spacial score (nSPS) is 8.39. The van der Waals surface area contributed by atoms with Crippen LogP contribution in [-0.4, -0.2) is 49.5 Å². The second kappa shape index (κ2) is 23.0. The number of hydrogen-bond donors (Lipinski definition) is 4. The van der Waals surface area contributed by atoms with Crippen molar-refractivity contribution in [2.75, 3.05) is 13.2 Å². The van der Waals surface area contributed by atoms with E-state index in [9.17, 15) is 4.79 Å². The molecular formula is C9H19Cl3O5Zn. The van der Waals surface area contributed by atoms with Crippen LogP contribution in [0.15, 0.2) is 0 Å². The van der Waals surface area contributed by atoms with E-state index < -0.39 is 15.9 Å². The molecule has 0 aliphatic carbocycles. The third-order valence-electron chi connectivity index (χ3n) is 0.664. The van der Waals surface area contributed by atoms with E-state index in [4.69, 9.17) is 55.2 Å². The molecule has 0 aliphatic heterocycles. The molecule has 108 valence electrons. The van der Waals surface area contributed by atoms with Crippen molar-refractivity contribution < 1.29 is 44.7 Å². The topological polar surface area (TPSA) is 98.0 Å². The number of alkyl halides is 3. The Labute approximate surface area is 136 Å². The molecule has 0 aliphatic rings. The van der Waals surface area contributed by atoms with Crippen molar-refractivity contribution in [3.63, 3.8) is 0 Å². The molecule has 4 N–H and O–H groups in total. The first-order chi connectivity index (χ1) is 7.75. The van der Waals surface area contributed by atoms with Gasteiger partial charge in [-0.1, -0.05) is 34.8 Å². The van der Waals surface area contributed by atoms with Crippen LogP contribution in [-0.2, 0) is 24.3 Å². The zero-order valence-electron chi connectivity index (χ0n) is 10.4. The molecule has 0 aromatic heterocycles. The Morgan fingerprint density at radius 1 is 1.11 bits per heavy atom. The quantitative estimate of drug-likeness (QED) is 0.331. The molecule has 0 fully saturated rings. The molecule has 0 atom stereocenters. The van der Waals surface area contributed by atoms with Gasteiger partial charge in [0, 0.05) is 0 Å². The van der Waals surface area contributed by atoms with Crippen LogP contribution in [0.25, 0.3) is 0 Å². The smallest absolute Gasteiger partial charge is 0.478 e. The average molecular weight is 379 g/mol. The Balaban J connectivity index is -0.0000000471. The van der Waals surface area contributed by atoms with Crippen LogP contribution in [0.4, 0.5) is 0 Å². The standard InChI is InChI=1S/C3H8O3.C2HCl3O2.2C2H5.Zn/c4-1-3(6)2-5;3-2(4,5)1(6)7;2*1-2;/h3-6H,1-2H2;(H,6,7);2*1H2,2H3;/q;;2*-1;+2. The number of carboxylic acids is 1. The fourth-order valence-electron chi connectivity index (χ4n) is 0.0577. The summed E-state index contributed by atoms with van der Waals surface area (Å²) in [5.41, 5.74) is 0. The number of carbonyl (C=O) groups is 1. The molecule has 0 spiro atoms. The second-order valence-electron chi connectivity index (χ2n) is 1.82. The average Bonchev–Trinajstić information content (AvgIpc) is 2.32. The fourth-order valence-corrected chi connectivity index (χ4v) is 0.0577. The molecule has 5 nitrogen and oxygen atoms in total. The summed E-state index contributed by atoms with van der Waals surface area (Å²) in [5, 5.41) is 31.9. The zero-order chi connectivity index (χ0) is 15.1. The molecule has 0 bridgehead atoms. The van der Waals surface area contributed by atoms with Gasteiger partial charge in [0.1, 0.15) is 6.10 Å². The van der Waals surface area contributed by atoms with Crippen LogP contribution < -0.4 is 0 Å². The number of aliphatic hydroxyl groups excluding tert-OH is 3. The number of aliphatic carboxylic acids is 1. The van der Waals surface area contributed by atoms with Crippen molar-refractivity contribution in [3.8, 4) is 0 Å². The maximum Gasteiger partial charge on any atom is 2.00 e. The van der Waals surface area contributed by atoms with Gasteiger partial charge in [-0.25, -0.2) is 4.79 Å². The summed E-state index contributed by atoms with van der Waals surface area (Å²) in [6, 6.07) is 0. The van der Waals surface area contributed by atoms with Gasteiger partial charge in [0.15, 0.2) is 0 Å². The molecule has 9 heteroatoms. The van der Waals surface area contributed by atoms with Crippen LogP contribution in [0.2, 0.25) is 0 Å². The summed E-state index contributed by atoms with van der Waals surface area (Å²) in [4.78, 5) is 9.62. The summed E-state index contributed by atoms with van der Waals surface area (Å²) < 4.78 is -2.17. The van der Waals surface area contributed by atoms with Gasteiger partial charge in [-0.05, 0) is 0 Å². The van der Waals surface area contributed by atoms with E-state index >= 15 is 0 Å². The van der Waals surface area contributed by atoms with Crippen molar-refractivity contribution >= 4 is 40.8 Å². The molecule has 0 aromatic carbocycles. The molecule has 0 heterocycles. The largest absolute Gasteiger partial charge is 2.00 e. The molecule has 0 aromatic rings. The van der Waals surface area contributed by atoms with Gasteiger partial charge in [0.25, 0.3) is 3.79 Å². The van der Waals surface area contributed by atoms with Gasteiger partial charge in [0.2, 0.25) is 0 Å². The van der Waals surface area contributed by atoms with E-state index in [1.807, 2.05) is 0 Å². The Morgan fingerprint density at radius 3 is 1.28 bits per heavy atom. The fraction of sp³-hybridized carbons (Fsp3) is 0.667. The number of halogens is 3. The molecule has 0 saturated heterocycles. The number of rotatable bonds is 2. The van der Waals surface area contributed by atoms with Gasteiger partial charge in [-0.2, -0.15) is 13.8 Å². The first-order valence-corrected chi connectivity index (χ1v) is 5.50. The van der Waals surface area contributed by atoms with Crippen molar-refractivity contribution in [1.29, 1.82) is 0 Å². The van der Waals surface area contributed by atoms with Gasteiger partial charge >= 0.3 is 25.4 Å². The predicted octanol–water partition coefficient (Wildman–Crippen LogP) is 1.45. The van der Waals surface area contributed by atoms with E-state index in [1.165, 1.54) is 0 Å². The van der Waals surface area contributed by atoms with E-state index in [0.717, 1.165) is 0 Å². The Morgan fingerprint density at radius 2 is 1.28 bits per heavy atom. The van der Waals surface area contributed by atoms with E-state index in [0.29, 0.717) is 0 Å². The van der Waals surface area contributed by atoms with Gasteiger partial charge in [-0.15, -0.1) is 0 Å². The Kier molecular flexibility index (Phi) is 40.0. The van der Waals surface area contributed by atoms with Crippen molar-refractivity contribution in [2.45, 2.75) is 23.7 Å². The van der Waals surface area contributed by atoms with Crippen LogP contribution in [0, 0.1) is 13.8 Å². The summed E-state index contributed by atoms with van der Waals surface area (Å²) in [5.74, 6) is -1.46. The molecular weight excluding hydrogens is 360 g/mol. The molecule has 0 unspecified atom stereocenters. The summed E-state index contributed by atoms with van der Waals surface area (Å²) in [7, 11) is 0. The first kappa shape index (κ1) is 31.3. The minimum Gasteiger partial charge on any atom is -0.478 e. The van der Waals surface area contributed by atoms with Gasteiger partial charge < -0.3 is 34.3 Å². The summed E-state index contributed by atoms with van der Waals surface area (Å²) in [6.45, 7) is 9.27. The van der Waals surface area contributed by atoms with E-state index in [-0.39, 0.29) is 32.7 Å². The van der Waals surface area contributed by atoms with Gasteiger partial charge in [-0.3, -0.25) is 0 Å². The van der Waals surface area contributed by atoms with Crippen molar-refractivity contribution in [2.24, 2.45) is 0 Å². The molecule has 0 saturated carbocycles. The second-order valence-corrected chi connectivity index (χ2v) is 4.10. The van der Waals surface area contributed by atoms with Crippen LogP contribution in [0.3, 0.4) is 0 Å². The minimum atomic E-state index is -2.17. The van der Waals surface area contributed by atoms with E-state index in [1.54, 1.807) is 13.8 Å². The third kappa shape index (κ3) is 36.0. The van der Waals surface area contributed by atoms with Crippen molar-refractivity contribution in [1.82, 2.24) is 0 Å². The zero-order valence-corrected chi connectivity index (χ0v) is 15.7. The SMILES string of the molecule is O=C(O)C(Cl)(Cl)Cl.OCC(O)CO.[CH2-]C.[CH2-]C.[Zn+2].